The number of hydrogen-bond acceptors (Lipinski definition) is 6. The Balaban J connectivity index is 1.72. The summed E-state index contributed by atoms with van der Waals surface area (Å²) in [5.41, 5.74) is 1.19. The van der Waals surface area contributed by atoms with Crippen LogP contribution in [0.1, 0.15) is 6.23 Å². The Morgan fingerprint density at radius 1 is 1.35 bits per heavy atom. The van der Waals surface area contributed by atoms with Crippen LogP contribution in [0.15, 0.2) is 18.5 Å². The third-order valence-electron chi connectivity index (χ3n) is 3.86. The van der Waals surface area contributed by atoms with Gasteiger partial charge in [-0.2, -0.15) is 0 Å². The lowest BCUT2D eigenvalue weighted by atomic mass is 10.1. The number of ether oxygens (including phenoxy) is 1. The summed E-state index contributed by atoms with van der Waals surface area (Å²) in [6, 6.07) is 3.21. The summed E-state index contributed by atoms with van der Waals surface area (Å²) < 4.78 is 28.4. The number of aromatic nitrogens is 2. The number of benzene rings is 1. The van der Waals surface area contributed by atoms with Gasteiger partial charge in [-0.05, 0) is 12.1 Å². The minimum absolute atomic E-state index is 0.148. The van der Waals surface area contributed by atoms with Crippen LogP contribution in [0.5, 0.6) is 0 Å². The van der Waals surface area contributed by atoms with Gasteiger partial charge in [0.1, 0.15) is 18.3 Å². The molecule has 1 aromatic heterocycles. The second-order valence-electron chi connectivity index (χ2n) is 5.30. The number of aliphatic hydroxyl groups is 1. The van der Waals surface area contributed by atoms with Crippen LogP contribution in [0.4, 0.5) is 0 Å². The van der Waals surface area contributed by atoms with Crippen LogP contribution in [0, 0.1) is 0 Å². The standard InChI is InChI=1S/C12H11Cl2N2O6P/c13-5-1-7-8(2-6(5)14)16(4-15-7)12-10(17)11-9(21-12)3-20-23(18,19)22-11/h1-2,4,9-12,17H,3H2,(H,18,19)/t9-,10+,11-,12-/m1/s1. The molecule has 0 spiro atoms. The highest BCUT2D eigenvalue weighted by Gasteiger charge is 2.52. The highest BCUT2D eigenvalue weighted by Crippen LogP contribution is 2.52. The molecular formula is C12H11Cl2N2O6P. The van der Waals surface area contributed by atoms with Crippen LogP contribution in [-0.2, 0) is 18.3 Å². The fraction of sp³-hybridized carbons (Fsp3) is 0.417. The lowest BCUT2D eigenvalue weighted by Crippen LogP contribution is -2.39. The molecule has 0 amide bonds. The molecule has 1 aromatic carbocycles. The van der Waals surface area contributed by atoms with E-state index in [-0.39, 0.29) is 6.61 Å². The number of nitrogens with zero attached hydrogens (tertiary/aromatic N) is 2. The van der Waals surface area contributed by atoms with Gasteiger partial charge in [-0.1, -0.05) is 23.2 Å². The monoisotopic (exact) mass is 380 g/mol. The number of halogens is 2. The molecule has 11 heteroatoms. The Morgan fingerprint density at radius 2 is 2.09 bits per heavy atom. The van der Waals surface area contributed by atoms with Gasteiger partial charge in [-0.15, -0.1) is 0 Å². The maximum absolute atomic E-state index is 11.5. The first kappa shape index (κ1) is 15.8. The highest BCUT2D eigenvalue weighted by atomic mass is 35.5. The Bertz CT molecular complexity index is 829. The molecule has 3 heterocycles. The van der Waals surface area contributed by atoms with Crippen molar-refractivity contribution in [1.29, 1.82) is 0 Å². The van der Waals surface area contributed by atoms with E-state index < -0.39 is 32.4 Å². The van der Waals surface area contributed by atoms with E-state index in [1.807, 2.05) is 0 Å². The average molecular weight is 381 g/mol. The molecule has 23 heavy (non-hydrogen) atoms. The first-order valence-corrected chi connectivity index (χ1v) is 8.92. The number of hydrogen-bond donors (Lipinski definition) is 2. The fourth-order valence-electron chi connectivity index (χ4n) is 2.79. The molecule has 2 N–H and O–H groups in total. The summed E-state index contributed by atoms with van der Waals surface area (Å²) >= 11 is 12.0. The van der Waals surface area contributed by atoms with Gasteiger partial charge in [0.15, 0.2) is 6.23 Å². The molecule has 8 nitrogen and oxygen atoms in total. The van der Waals surface area contributed by atoms with E-state index >= 15 is 0 Å². The molecule has 2 saturated heterocycles. The zero-order valence-corrected chi connectivity index (χ0v) is 13.8. The van der Waals surface area contributed by atoms with Crippen molar-refractivity contribution < 1.29 is 28.3 Å². The predicted octanol–water partition coefficient (Wildman–Crippen LogP) is 2.12. The van der Waals surface area contributed by atoms with E-state index in [1.54, 1.807) is 16.7 Å². The molecule has 124 valence electrons. The first-order valence-electron chi connectivity index (χ1n) is 6.66. The van der Waals surface area contributed by atoms with Crippen LogP contribution in [0.2, 0.25) is 10.0 Å². The van der Waals surface area contributed by atoms with Crippen LogP contribution >= 0.6 is 31.0 Å². The molecule has 2 aliphatic rings. The zero-order chi connectivity index (χ0) is 16.4. The third kappa shape index (κ3) is 2.59. The van der Waals surface area contributed by atoms with Gasteiger partial charge in [-0.25, -0.2) is 9.55 Å². The molecule has 2 fully saturated rings. The Hall–Kier alpha value is -0.700. The second kappa shape index (κ2) is 5.40. The summed E-state index contributed by atoms with van der Waals surface area (Å²) in [5.74, 6) is 0. The molecule has 0 radical (unpaired) electrons. The van der Waals surface area contributed by atoms with Gasteiger partial charge in [-0.3, -0.25) is 9.05 Å². The summed E-state index contributed by atoms with van der Waals surface area (Å²) in [6.07, 6.45) is -2.18. The van der Waals surface area contributed by atoms with Crippen LogP contribution < -0.4 is 0 Å². The quantitative estimate of drug-likeness (QED) is 0.730. The summed E-state index contributed by atoms with van der Waals surface area (Å²) in [7, 11) is -4.16. The van der Waals surface area contributed by atoms with Gasteiger partial charge in [0, 0.05) is 0 Å². The maximum atomic E-state index is 11.5. The van der Waals surface area contributed by atoms with Crippen molar-refractivity contribution >= 4 is 42.1 Å². The molecule has 2 aliphatic heterocycles. The van der Waals surface area contributed by atoms with E-state index in [0.717, 1.165) is 0 Å². The van der Waals surface area contributed by atoms with Crippen LogP contribution in [0.25, 0.3) is 11.0 Å². The van der Waals surface area contributed by atoms with Gasteiger partial charge >= 0.3 is 7.82 Å². The fourth-order valence-corrected chi connectivity index (χ4v) is 4.07. The summed E-state index contributed by atoms with van der Waals surface area (Å²) in [4.78, 5) is 13.6. The first-order chi connectivity index (χ1) is 10.9. The van der Waals surface area contributed by atoms with E-state index in [0.29, 0.717) is 21.1 Å². The van der Waals surface area contributed by atoms with Gasteiger partial charge in [0.25, 0.3) is 0 Å². The Labute approximate surface area is 140 Å². The topological polar surface area (TPSA) is 103 Å². The summed E-state index contributed by atoms with van der Waals surface area (Å²) in [5, 5.41) is 11.1. The van der Waals surface area contributed by atoms with E-state index in [9.17, 15) is 14.6 Å². The van der Waals surface area contributed by atoms with Crippen molar-refractivity contribution in [3.05, 3.63) is 28.5 Å². The Kier molecular flexibility index (Phi) is 3.71. The Morgan fingerprint density at radius 3 is 2.87 bits per heavy atom. The zero-order valence-electron chi connectivity index (χ0n) is 11.4. The van der Waals surface area contributed by atoms with Crippen molar-refractivity contribution in [3.63, 3.8) is 0 Å². The van der Waals surface area contributed by atoms with E-state index in [1.165, 1.54) is 6.33 Å². The number of rotatable bonds is 1. The highest BCUT2D eigenvalue weighted by molar-refractivity contribution is 7.47. The van der Waals surface area contributed by atoms with Gasteiger partial charge in [0.2, 0.25) is 0 Å². The normalized spacial score (nSPS) is 37.2. The average Bonchev–Trinajstić information content (AvgIpc) is 3.01. The lowest BCUT2D eigenvalue weighted by molar-refractivity contribution is -0.0663. The molecule has 2 aromatic rings. The largest absolute Gasteiger partial charge is 0.472 e. The van der Waals surface area contributed by atoms with E-state index in [4.69, 9.17) is 37.0 Å². The second-order valence-corrected chi connectivity index (χ2v) is 7.52. The number of imidazole rings is 1. The minimum atomic E-state index is -4.16. The van der Waals surface area contributed by atoms with E-state index in [2.05, 4.69) is 4.98 Å². The minimum Gasteiger partial charge on any atom is -0.386 e. The number of aliphatic hydroxyl groups excluding tert-OH is 1. The lowest BCUT2D eigenvalue weighted by Gasteiger charge is -2.27. The van der Waals surface area contributed by atoms with Gasteiger partial charge in [0.05, 0.1) is 34.0 Å². The SMILES string of the molecule is O=P1(O)OC[C@H]2O[C@@H](n3cnc4cc(Cl)c(Cl)cc43)[C@@H](O)[C@@H]2O1. The van der Waals surface area contributed by atoms with Crippen molar-refractivity contribution in [2.24, 2.45) is 0 Å². The third-order valence-corrected chi connectivity index (χ3v) is 5.56. The molecule has 4 rings (SSSR count). The van der Waals surface area contributed by atoms with Crippen molar-refractivity contribution in [2.75, 3.05) is 6.61 Å². The molecule has 0 saturated carbocycles. The van der Waals surface area contributed by atoms with Crippen molar-refractivity contribution in [3.8, 4) is 0 Å². The maximum Gasteiger partial charge on any atom is 0.472 e. The molecule has 5 atom stereocenters. The van der Waals surface area contributed by atoms with Crippen molar-refractivity contribution in [1.82, 2.24) is 9.55 Å². The molecule has 0 bridgehead atoms. The predicted molar refractivity (Wildman–Crippen MR) is 80.3 cm³/mol. The molecule has 0 aliphatic carbocycles. The van der Waals surface area contributed by atoms with Crippen LogP contribution in [-0.4, -0.2) is 44.5 Å². The summed E-state index contributed by atoms with van der Waals surface area (Å²) in [6.45, 7) is -0.148. The number of phosphoric ester groups is 1. The van der Waals surface area contributed by atoms with Gasteiger partial charge < -0.3 is 19.3 Å². The molecular weight excluding hydrogens is 370 g/mol. The van der Waals surface area contributed by atoms with Crippen molar-refractivity contribution in [2.45, 2.75) is 24.5 Å². The number of fused-ring (bicyclic) bond motifs is 2. The van der Waals surface area contributed by atoms with Crippen LogP contribution in [0.3, 0.4) is 0 Å². The number of phosphoric acid groups is 1. The molecule has 1 unspecified atom stereocenters. The smallest absolute Gasteiger partial charge is 0.386 e.